The Morgan fingerprint density at radius 2 is 0.606 bits per heavy atom. The highest BCUT2D eigenvalue weighted by atomic mass is 31.2. The summed E-state index contributed by atoms with van der Waals surface area (Å²) in [4.78, 5) is 38.1. The third kappa shape index (κ3) is 76.4. The van der Waals surface area contributed by atoms with Crippen molar-refractivity contribution in [1.82, 2.24) is 0 Å². The third-order valence-electron chi connectivity index (χ3n) is 15.7. The van der Waals surface area contributed by atoms with Gasteiger partial charge in [-0.25, -0.2) is 0 Å². The fraction of sp³-hybridized carbons (Fsp3) is 0.643. The van der Waals surface area contributed by atoms with Gasteiger partial charge >= 0.3 is 11.9 Å². The minimum Gasteiger partial charge on any atom is -0.756 e. The summed E-state index contributed by atoms with van der Waals surface area (Å²) in [5.41, 5.74) is 0. The van der Waals surface area contributed by atoms with Gasteiger partial charge in [0, 0.05) is 12.8 Å². The summed E-state index contributed by atoms with van der Waals surface area (Å²) in [7, 11) is 1.14. The average molecular weight is 1320 g/mol. The number of carbonyl (C=O) groups excluding carboxylic acids is 2. The largest absolute Gasteiger partial charge is 0.756 e. The molecule has 0 bridgehead atoms. The zero-order chi connectivity index (χ0) is 68.3. The lowest BCUT2D eigenvalue weighted by Gasteiger charge is -2.28. The Balaban J connectivity index is 4.11. The van der Waals surface area contributed by atoms with Crippen LogP contribution in [0.15, 0.2) is 170 Å². The average Bonchev–Trinajstić information content (AvgIpc) is 1.57. The Kier molecular flexibility index (Phi) is 69.1. The van der Waals surface area contributed by atoms with Crippen LogP contribution < -0.4 is 4.89 Å². The number of unbranched alkanes of at least 4 members (excludes halogenated alkanes) is 26. The van der Waals surface area contributed by atoms with Gasteiger partial charge in [-0.1, -0.05) is 319 Å². The molecule has 94 heavy (non-hydrogen) atoms. The number of hydrogen-bond donors (Lipinski definition) is 0. The quantitative estimate of drug-likeness (QED) is 0.0195. The second-order valence-electron chi connectivity index (χ2n) is 25.9. The molecule has 0 fully saturated rings. The van der Waals surface area contributed by atoms with Crippen molar-refractivity contribution in [3.8, 4) is 0 Å². The van der Waals surface area contributed by atoms with Crippen molar-refractivity contribution in [2.45, 2.75) is 302 Å². The van der Waals surface area contributed by atoms with Crippen LogP contribution in [-0.4, -0.2) is 70.0 Å². The van der Waals surface area contributed by atoms with Gasteiger partial charge in [0.15, 0.2) is 6.10 Å². The molecule has 0 saturated carbocycles. The summed E-state index contributed by atoms with van der Waals surface area (Å²) >= 11 is 0. The van der Waals surface area contributed by atoms with Crippen LogP contribution in [0.1, 0.15) is 296 Å². The first-order valence-electron chi connectivity index (χ1n) is 37.8. The van der Waals surface area contributed by atoms with E-state index >= 15 is 0 Å². The molecule has 0 rings (SSSR count). The zero-order valence-electron chi connectivity index (χ0n) is 60.8. The first-order chi connectivity index (χ1) is 46.0. The maximum Gasteiger partial charge on any atom is 0.306 e. The minimum atomic E-state index is -4.66. The molecular formula is C84H140NO8P. The second-order valence-corrected chi connectivity index (χ2v) is 27.3. The van der Waals surface area contributed by atoms with Crippen LogP contribution in [0.4, 0.5) is 0 Å². The Labute approximate surface area is 578 Å². The number of allylic oxidation sites excluding steroid dienone is 28. The van der Waals surface area contributed by atoms with Gasteiger partial charge in [-0.15, -0.1) is 0 Å². The van der Waals surface area contributed by atoms with E-state index in [4.69, 9.17) is 18.5 Å². The van der Waals surface area contributed by atoms with Crippen LogP contribution in [0.2, 0.25) is 0 Å². The monoisotopic (exact) mass is 1320 g/mol. The van der Waals surface area contributed by atoms with Gasteiger partial charge in [-0.05, 0) is 135 Å². The van der Waals surface area contributed by atoms with Crippen molar-refractivity contribution in [1.29, 1.82) is 0 Å². The lowest BCUT2D eigenvalue weighted by Crippen LogP contribution is -2.37. The number of quaternary nitrogens is 1. The summed E-state index contributed by atoms with van der Waals surface area (Å²) in [6.07, 6.45) is 110. The number of likely N-dealkylation sites (N-methyl/N-ethyl adjacent to an activating group) is 1. The SMILES string of the molecule is CC/C=C\C/C=C\C/C=C\C/C=C\C/C=C\C/C=C\C/C=C\C/C=C\C/C=C\C/C=C\C/C=C\CCCCCCCCCC(=O)OC(COC(=O)CCCCCCCCCCCCCCCC/C=C\C/C=C\C/C=C\CCCCCCC)COP(=O)([O-])OCC[N+](C)(C)C. The Morgan fingerprint density at radius 1 is 0.340 bits per heavy atom. The van der Waals surface area contributed by atoms with E-state index in [1.165, 1.54) is 128 Å². The standard InChI is InChI=1S/C84H140NO8P/c1-6-8-10-12-14-16-18-20-22-24-26-28-30-32-34-36-37-38-39-40-41-42-43-44-45-46-47-49-51-53-55-57-59-61-63-65-67-69-71-73-75-77-84(87)93-82(81-92-94(88,89)91-79-78-85(3,4)5)80-90-83(86)76-74-72-70-68-66-64-62-60-58-56-54-52-50-48-35-33-31-29-27-25-23-21-19-17-15-13-11-9-7-2/h8,10,14,16,19-22,25-28,31-34,37-38,40-41,43-44,46-47,51,53,57,59,82H,6-7,9,11-13,15,17-18,23-24,29-30,35-36,39,42,45,48-50,52,54-56,58,60-81H2,1-5H3/b10-8-,16-14-,21-19-,22-20-,27-25-,28-26-,33-31-,34-32-,38-37-,41-40-,44-43-,47-46-,53-51-,59-57-. The van der Waals surface area contributed by atoms with Gasteiger partial charge in [0.05, 0.1) is 27.7 Å². The van der Waals surface area contributed by atoms with Gasteiger partial charge in [0.2, 0.25) is 0 Å². The van der Waals surface area contributed by atoms with E-state index in [-0.39, 0.29) is 32.0 Å². The molecule has 0 aliphatic heterocycles. The predicted molar refractivity (Wildman–Crippen MR) is 406 cm³/mol. The molecule has 0 aliphatic carbocycles. The van der Waals surface area contributed by atoms with Gasteiger partial charge in [-0.3, -0.25) is 14.2 Å². The molecule has 2 atom stereocenters. The molecule has 0 spiro atoms. The summed E-state index contributed by atoms with van der Waals surface area (Å²) in [5.74, 6) is -0.851. The zero-order valence-corrected chi connectivity index (χ0v) is 61.7. The molecule has 2 unspecified atom stereocenters. The van der Waals surface area contributed by atoms with Gasteiger partial charge < -0.3 is 27.9 Å². The highest BCUT2D eigenvalue weighted by molar-refractivity contribution is 7.45. The summed E-state index contributed by atoms with van der Waals surface area (Å²) in [6, 6.07) is 0. The van der Waals surface area contributed by atoms with Gasteiger partial charge in [-0.2, -0.15) is 0 Å². The van der Waals surface area contributed by atoms with Crippen molar-refractivity contribution in [3.63, 3.8) is 0 Å². The molecule has 0 radical (unpaired) electrons. The second kappa shape index (κ2) is 72.6. The molecule has 0 saturated heterocycles. The van der Waals surface area contributed by atoms with E-state index in [1.54, 1.807) is 0 Å². The minimum absolute atomic E-state index is 0.0410. The molecule has 0 amide bonds. The fourth-order valence-electron chi connectivity index (χ4n) is 9.96. The maximum atomic E-state index is 12.9. The predicted octanol–water partition coefficient (Wildman–Crippen LogP) is 24.6. The smallest absolute Gasteiger partial charge is 0.306 e. The molecular weight excluding hydrogens is 1180 g/mol. The van der Waals surface area contributed by atoms with Crippen molar-refractivity contribution in [3.05, 3.63) is 170 Å². The fourth-order valence-corrected chi connectivity index (χ4v) is 10.7. The first-order valence-corrected chi connectivity index (χ1v) is 39.3. The van der Waals surface area contributed by atoms with Crippen molar-refractivity contribution in [2.24, 2.45) is 0 Å². The molecule has 0 aromatic carbocycles. The lowest BCUT2D eigenvalue weighted by atomic mass is 10.0. The van der Waals surface area contributed by atoms with E-state index < -0.39 is 26.5 Å². The van der Waals surface area contributed by atoms with Crippen LogP contribution in [0.25, 0.3) is 0 Å². The van der Waals surface area contributed by atoms with E-state index in [1.807, 2.05) is 21.1 Å². The number of phosphoric acid groups is 1. The summed E-state index contributed by atoms with van der Waals surface area (Å²) < 4.78 is 34.3. The molecule has 0 aromatic rings. The van der Waals surface area contributed by atoms with Crippen LogP contribution in [-0.2, 0) is 32.7 Å². The first kappa shape index (κ1) is 89.4. The van der Waals surface area contributed by atoms with E-state index in [0.29, 0.717) is 17.4 Å². The topological polar surface area (TPSA) is 111 Å². The molecule has 0 N–H and O–H groups in total. The highest BCUT2D eigenvalue weighted by Crippen LogP contribution is 2.38. The normalized spacial score (nSPS) is 14.1. The van der Waals surface area contributed by atoms with Gasteiger partial charge in [0.1, 0.15) is 19.8 Å². The van der Waals surface area contributed by atoms with E-state index in [9.17, 15) is 19.0 Å². The Morgan fingerprint density at radius 3 is 0.904 bits per heavy atom. The molecule has 0 aromatic heterocycles. The van der Waals surface area contributed by atoms with Crippen molar-refractivity contribution >= 4 is 19.8 Å². The third-order valence-corrected chi connectivity index (χ3v) is 16.7. The number of rotatable bonds is 68. The Bertz CT molecular complexity index is 2200. The molecule has 0 aliphatic rings. The number of nitrogens with zero attached hydrogens (tertiary/aromatic N) is 1. The molecule has 0 heterocycles. The van der Waals surface area contributed by atoms with E-state index in [0.717, 1.165) is 135 Å². The number of hydrogen-bond acceptors (Lipinski definition) is 8. The van der Waals surface area contributed by atoms with Crippen LogP contribution >= 0.6 is 7.82 Å². The summed E-state index contributed by atoms with van der Waals surface area (Å²) in [6.45, 7) is 4.10. The molecule has 9 nitrogen and oxygen atoms in total. The van der Waals surface area contributed by atoms with Crippen molar-refractivity contribution in [2.75, 3.05) is 47.5 Å². The Hall–Kier alpha value is -4.63. The number of phosphoric ester groups is 1. The number of carbonyl (C=O) groups is 2. The maximum absolute atomic E-state index is 12.9. The number of ether oxygens (including phenoxy) is 2. The highest BCUT2D eigenvalue weighted by Gasteiger charge is 2.22. The summed E-state index contributed by atoms with van der Waals surface area (Å²) in [5, 5.41) is 0. The van der Waals surface area contributed by atoms with Crippen LogP contribution in [0.3, 0.4) is 0 Å². The lowest BCUT2D eigenvalue weighted by molar-refractivity contribution is -0.870. The van der Waals surface area contributed by atoms with Gasteiger partial charge in [0.25, 0.3) is 7.82 Å². The molecule has 534 valence electrons. The van der Waals surface area contributed by atoms with Crippen LogP contribution in [0, 0.1) is 0 Å². The van der Waals surface area contributed by atoms with E-state index in [2.05, 4.69) is 184 Å². The van der Waals surface area contributed by atoms with Crippen LogP contribution in [0.5, 0.6) is 0 Å². The number of esters is 2. The van der Waals surface area contributed by atoms with Crippen molar-refractivity contribution < 1.29 is 42.1 Å². The molecule has 10 heteroatoms.